The van der Waals surface area contributed by atoms with Gasteiger partial charge in [0.25, 0.3) is 0 Å². The average molecular weight is 655 g/mol. The van der Waals surface area contributed by atoms with E-state index < -0.39 is 30.1 Å². The van der Waals surface area contributed by atoms with Crippen LogP contribution in [-0.2, 0) is 14.3 Å². The molecule has 5 atom stereocenters. The minimum absolute atomic E-state index is 0.0848. The van der Waals surface area contributed by atoms with Crippen LogP contribution < -0.4 is 4.90 Å². The number of nitrogens with zero attached hydrogens (tertiary/aromatic N) is 4. The van der Waals surface area contributed by atoms with Gasteiger partial charge in [-0.05, 0) is 93.3 Å². The summed E-state index contributed by atoms with van der Waals surface area (Å²) in [5.41, 5.74) is 1.73. The summed E-state index contributed by atoms with van der Waals surface area (Å²) in [5, 5.41) is 10.6. The van der Waals surface area contributed by atoms with E-state index in [1.165, 1.54) is 12.1 Å². The first-order valence-electron chi connectivity index (χ1n) is 17.2. The first-order valence-corrected chi connectivity index (χ1v) is 17.2. The Balaban J connectivity index is 1.36. The topological polar surface area (TPSA) is 103 Å². The molecule has 3 heterocycles. The third-order valence-electron chi connectivity index (χ3n) is 9.80. The summed E-state index contributed by atoms with van der Waals surface area (Å²) in [6, 6.07) is 4.49. The molecular weight excluding hydrogens is 603 g/mol. The largest absolute Gasteiger partial charge is 0.457 e. The van der Waals surface area contributed by atoms with Gasteiger partial charge in [-0.2, -0.15) is 0 Å². The Morgan fingerprint density at radius 3 is 2.49 bits per heavy atom. The van der Waals surface area contributed by atoms with Crippen LogP contribution in [0.5, 0.6) is 0 Å². The Labute approximate surface area is 278 Å². The maximum atomic E-state index is 15.0. The van der Waals surface area contributed by atoms with Crippen molar-refractivity contribution in [1.82, 2.24) is 14.7 Å². The van der Waals surface area contributed by atoms with Crippen LogP contribution in [0, 0.1) is 23.6 Å². The second-order valence-corrected chi connectivity index (χ2v) is 14.0. The lowest BCUT2D eigenvalue weighted by molar-refractivity contribution is -0.151. The fourth-order valence-corrected chi connectivity index (χ4v) is 6.61. The van der Waals surface area contributed by atoms with Crippen molar-refractivity contribution in [3.05, 3.63) is 47.3 Å². The van der Waals surface area contributed by atoms with Gasteiger partial charge in [-0.15, -0.1) is 0 Å². The lowest BCUT2D eigenvalue weighted by Gasteiger charge is -2.36. The van der Waals surface area contributed by atoms with Gasteiger partial charge in [-0.25, -0.2) is 14.0 Å². The van der Waals surface area contributed by atoms with E-state index in [0.717, 1.165) is 45.4 Å². The molecule has 1 aliphatic carbocycles. The summed E-state index contributed by atoms with van der Waals surface area (Å²) in [6.45, 7) is 10.5. The van der Waals surface area contributed by atoms with Gasteiger partial charge >= 0.3 is 18.1 Å². The SMILES string of the molecule is C/C(=C\c1cc(F)cc(N2CCCN(CC3CC3)C2=O)c1)[C@H]1OC(=O)C[C@H](O)CC[C@H](C)C(OC(=O)N2CCN(C)CC2)/C=C/[C@@H]1C. The van der Waals surface area contributed by atoms with E-state index in [2.05, 4.69) is 4.90 Å². The van der Waals surface area contributed by atoms with E-state index in [1.807, 2.05) is 44.9 Å². The number of aliphatic hydroxyl groups is 1. The van der Waals surface area contributed by atoms with E-state index in [0.29, 0.717) is 55.2 Å². The smallest absolute Gasteiger partial charge is 0.410 e. The van der Waals surface area contributed by atoms with Crippen molar-refractivity contribution in [3.63, 3.8) is 0 Å². The van der Waals surface area contributed by atoms with Gasteiger partial charge in [-0.1, -0.05) is 26.0 Å². The van der Waals surface area contributed by atoms with Crippen LogP contribution in [0.3, 0.4) is 0 Å². The highest BCUT2D eigenvalue weighted by Crippen LogP contribution is 2.32. The number of piperazine rings is 1. The fourth-order valence-electron chi connectivity index (χ4n) is 6.61. The number of likely N-dealkylation sites (N-methyl/N-ethyl adjacent to an activating group) is 1. The molecule has 1 aromatic carbocycles. The zero-order valence-corrected chi connectivity index (χ0v) is 28.3. The molecule has 0 radical (unpaired) electrons. The number of cyclic esters (lactones) is 1. The number of benzene rings is 1. The van der Waals surface area contributed by atoms with Crippen LogP contribution in [-0.4, -0.2) is 109 Å². The summed E-state index contributed by atoms with van der Waals surface area (Å²) < 4.78 is 26.9. The van der Waals surface area contributed by atoms with Crippen LogP contribution in [0.4, 0.5) is 19.7 Å². The molecule has 258 valence electrons. The second-order valence-electron chi connectivity index (χ2n) is 14.0. The number of hydrogen-bond acceptors (Lipinski definition) is 7. The summed E-state index contributed by atoms with van der Waals surface area (Å²) in [4.78, 5) is 46.7. The summed E-state index contributed by atoms with van der Waals surface area (Å²) >= 11 is 0. The van der Waals surface area contributed by atoms with Crippen molar-refractivity contribution in [2.45, 2.75) is 77.6 Å². The van der Waals surface area contributed by atoms with E-state index in [-0.39, 0.29) is 30.4 Å². The molecule has 0 aromatic heterocycles. The fraction of sp³-hybridized carbons (Fsp3) is 0.639. The number of esters is 1. The Morgan fingerprint density at radius 1 is 1.02 bits per heavy atom. The number of urea groups is 1. The van der Waals surface area contributed by atoms with Gasteiger partial charge in [0, 0.05) is 57.4 Å². The zero-order valence-electron chi connectivity index (χ0n) is 28.3. The predicted octanol–water partition coefficient (Wildman–Crippen LogP) is 5.31. The lowest BCUT2D eigenvalue weighted by Crippen LogP contribution is -2.50. The summed E-state index contributed by atoms with van der Waals surface area (Å²) in [6.07, 6.45) is 6.95. The van der Waals surface area contributed by atoms with Gasteiger partial charge in [-0.3, -0.25) is 9.69 Å². The minimum atomic E-state index is -0.894. The van der Waals surface area contributed by atoms with Crippen LogP contribution in [0.25, 0.3) is 6.08 Å². The molecule has 4 aliphatic rings. The lowest BCUT2D eigenvalue weighted by atomic mass is 9.91. The van der Waals surface area contributed by atoms with Crippen LogP contribution in [0.1, 0.15) is 64.9 Å². The Bertz CT molecular complexity index is 1340. The molecule has 1 N–H and O–H groups in total. The Kier molecular flexibility index (Phi) is 11.6. The molecule has 10 nitrogen and oxygen atoms in total. The van der Waals surface area contributed by atoms with E-state index >= 15 is 0 Å². The number of carbonyl (C=O) groups is 3. The van der Waals surface area contributed by atoms with E-state index in [4.69, 9.17) is 9.47 Å². The van der Waals surface area contributed by atoms with Crippen molar-refractivity contribution in [3.8, 4) is 0 Å². The maximum absolute atomic E-state index is 15.0. The predicted molar refractivity (Wildman–Crippen MR) is 178 cm³/mol. The zero-order chi connectivity index (χ0) is 33.7. The van der Waals surface area contributed by atoms with Gasteiger partial charge in [0.2, 0.25) is 0 Å². The van der Waals surface area contributed by atoms with Crippen LogP contribution in [0.2, 0.25) is 0 Å². The number of aliphatic hydroxyl groups excluding tert-OH is 1. The number of carbonyl (C=O) groups excluding carboxylic acids is 3. The molecule has 5 rings (SSSR count). The highest BCUT2D eigenvalue weighted by Gasteiger charge is 2.33. The number of hydrogen-bond donors (Lipinski definition) is 1. The molecule has 3 aliphatic heterocycles. The average Bonchev–Trinajstić information content (AvgIpc) is 3.85. The molecular formula is C36H51FN4O6. The Morgan fingerprint density at radius 2 is 1.77 bits per heavy atom. The molecule has 11 heteroatoms. The van der Waals surface area contributed by atoms with Gasteiger partial charge in [0.05, 0.1) is 12.5 Å². The van der Waals surface area contributed by atoms with Crippen molar-refractivity contribution in [2.75, 3.05) is 57.8 Å². The molecule has 2 saturated heterocycles. The van der Waals surface area contributed by atoms with Crippen molar-refractivity contribution in [2.24, 2.45) is 17.8 Å². The molecule has 0 bridgehead atoms. The van der Waals surface area contributed by atoms with Crippen molar-refractivity contribution in [1.29, 1.82) is 0 Å². The highest BCUT2D eigenvalue weighted by molar-refractivity contribution is 5.93. The Hall–Kier alpha value is -3.44. The third-order valence-corrected chi connectivity index (χ3v) is 9.80. The number of anilines is 1. The molecule has 3 amide bonds. The molecule has 1 unspecified atom stereocenters. The van der Waals surface area contributed by atoms with Crippen molar-refractivity contribution >= 4 is 29.9 Å². The first-order chi connectivity index (χ1) is 22.5. The molecule has 3 fully saturated rings. The normalized spacial score (nSPS) is 29.5. The quantitative estimate of drug-likeness (QED) is 0.328. The summed E-state index contributed by atoms with van der Waals surface area (Å²) in [7, 11) is 2.03. The standard InChI is InChI=1S/C36H51FN4O6/c1-24-6-10-31(42)22-33(43)47-34(25(2)7-11-32(24)46-36(45)39-16-14-38(4)15-17-39)26(3)18-28-19-29(37)21-30(20-28)41-13-5-12-40(35(41)44)23-27-8-9-27/h7,11,18-21,24-25,27,31-32,34,42H,5-6,8-10,12-17,22-23H2,1-4H3/b11-7+,26-18+/t24-,25-,31+,32?,34-/m0/s1. The first kappa shape index (κ1) is 34.9. The third kappa shape index (κ3) is 9.56. The number of amides is 3. The molecule has 1 aromatic rings. The van der Waals surface area contributed by atoms with E-state index in [1.54, 1.807) is 21.9 Å². The molecule has 1 saturated carbocycles. The number of halogens is 1. The number of rotatable bonds is 6. The molecule has 0 spiro atoms. The van der Waals surface area contributed by atoms with Gasteiger partial charge in [0.1, 0.15) is 18.0 Å². The van der Waals surface area contributed by atoms with Crippen molar-refractivity contribution < 1.29 is 33.4 Å². The van der Waals surface area contributed by atoms with E-state index in [9.17, 15) is 23.9 Å². The number of ether oxygens (including phenoxy) is 2. The van der Waals surface area contributed by atoms with Crippen LogP contribution in [0.15, 0.2) is 35.9 Å². The molecule has 47 heavy (non-hydrogen) atoms. The van der Waals surface area contributed by atoms with Crippen LogP contribution >= 0.6 is 0 Å². The minimum Gasteiger partial charge on any atom is -0.457 e. The van der Waals surface area contributed by atoms with Gasteiger partial charge < -0.3 is 29.3 Å². The monoisotopic (exact) mass is 654 g/mol. The maximum Gasteiger partial charge on any atom is 0.410 e. The summed E-state index contributed by atoms with van der Waals surface area (Å²) in [5.74, 6) is -0.813. The highest BCUT2D eigenvalue weighted by atomic mass is 19.1. The van der Waals surface area contributed by atoms with Gasteiger partial charge in [0.15, 0.2) is 0 Å². The second kappa shape index (κ2) is 15.6.